The van der Waals surface area contributed by atoms with E-state index in [1.165, 1.54) is 17.2 Å². The Kier molecular flexibility index (Phi) is 5.07. The lowest BCUT2D eigenvalue weighted by molar-refractivity contribution is -0.0434. The highest BCUT2D eigenvalue weighted by atomic mass is 32.2. The number of nitrogens with two attached hydrogens (primary N) is 1. The van der Waals surface area contributed by atoms with Crippen molar-refractivity contribution in [2.24, 2.45) is 5.73 Å². The Bertz CT molecular complexity index is 442. The molecule has 17 heavy (non-hydrogen) atoms. The van der Waals surface area contributed by atoms with Crippen LogP contribution in [0.5, 0.6) is 0 Å². The Balaban J connectivity index is 2.84. The van der Waals surface area contributed by atoms with Gasteiger partial charge in [0.1, 0.15) is 0 Å². The van der Waals surface area contributed by atoms with Gasteiger partial charge >= 0.3 is 10.1 Å². The Morgan fingerprint density at radius 1 is 1.29 bits per heavy atom. The fourth-order valence-corrected chi connectivity index (χ4v) is 2.29. The van der Waals surface area contributed by atoms with Crippen molar-refractivity contribution < 1.29 is 12.7 Å². The summed E-state index contributed by atoms with van der Waals surface area (Å²) in [7, 11) is -3.74. The molecule has 0 radical (unpaired) electrons. The molecule has 0 amide bonds. The Morgan fingerprint density at radius 3 is 2.35 bits per heavy atom. The second-order valence-electron chi connectivity index (χ2n) is 3.65. The number of hydrogen-bond donors (Lipinski definition) is 1. The molecule has 0 fully saturated rings. The molecule has 0 saturated carbocycles. The third kappa shape index (κ3) is 4.08. The Hall–Kier alpha value is -0.950. The molecular weight excluding hydrogens is 240 g/mol. The van der Waals surface area contributed by atoms with E-state index in [1.807, 2.05) is 6.92 Å². The van der Waals surface area contributed by atoms with Crippen LogP contribution in [0.1, 0.15) is 12.5 Å². The van der Waals surface area contributed by atoms with Gasteiger partial charge in [-0.25, -0.2) is 0 Å². The molecule has 5 nitrogen and oxygen atoms in total. The lowest BCUT2D eigenvalue weighted by atomic mass is 10.2. The SMILES string of the molecule is CCN(CCN)OS(=O)(=O)c1ccc(C)cc1. The largest absolute Gasteiger partial charge is 0.329 e. The summed E-state index contributed by atoms with van der Waals surface area (Å²) >= 11 is 0. The molecule has 0 heterocycles. The third-order valence-corrected chi connectivity index (χ3v) is 3.50. The van der Waals surface area contributed by atoms with E-state index in [0.717, 1.165) is 5.56 Å². The summed E-state index contributed by atoms with van der Waals surface area (Å²) in [5, 5.41) is 1.33. The maximum atomic E-state index is 11.9. The second-order valence-corrected chi connectivity index (χ2v) is 5.18. The van der Waals surface area contributed by atoms with E-state index in [9.17, 15) is 8.42 Å². The molecule has 2 N–H and O–H groups in total. The molecule has 0 spiro atoms. The van der Waals surface area contributed by atoms with Crippen molar-refractivity contribution in [1.29, 1.82) is 0 Å². The number of hydroxylamine groups is 2. The van der Waals surface area contributed by atoms with E-state index in [2.05, 4.69) is 0 Å². The van der Waals surface area contributed by atoms with Crippen molar-refractivity contribution in [3.8, 4) is 0 Å². The van der Waals surface area contributed by atoms with Gasteiger partial charge in [0.15, 0.2) is 0 Å². The van der Waals surface area contributed by atoms with Crippen LogP contribution < -0.4 is 5.73 Å². The zero-order valence-corrected chi connectivity index (χ0v) is 10.9. The first-order valence-electron chi connectivity index (χ1n) is 5.46. The van der Waals surface area contributed by atoms with Crippen molar-refractivity contribution in [2.45, 2.75) is 18.7 Å². The van der Waals surface area contributed by atoms with Crippen molar-refractivity contribution in [1.82, 2.24) is 5.06 Å². The standard InChI is InChI=1S/C11H18N2O3S/c1-3-13(9-8-12)16-17(14,15)11-6-4-10(2)5-7-11/h4-7H,3,8-9,12H2,1-2H3. The first-order chi connectivity index (χ1) is 7.99. The van der Waals surface area contributed by atoms with Crippen molar-refractivity contribution in [3.63, 3.8) is 0 Å². The van der Waals surface area contributed by atoms with Crippen molar-refractivity contribution >= 4 is 10.1 Å². The van der Waals surface area contributed by atoms with E-state index < -0.39 is 10.1 Å². The number of hydrogen-bond acceptors (Lipinski definition) is 5. The van der Waals surface area contributed by atoms with Gasteiger partial charge < -0.3 is 5.73 Å². The van der Waals surface area contributed by atoms with Crippen LogP contribution in [0.3, 0.4) is 0 Å². The van der Waals surface area contributed by atoms with E-state index in [-0.39, 0.29) is 4.90 Å². The molecule has 0 bridgehead atoms. The summed E-state index contributed by atoms with van der Waals surface area (Å²) in [6.07, 6.45) is 0. The summed E-state index contributed by atoms with van der Waals surface area (Å²) < 4.78 is 28.7. The van der Waals surface area contributed by atoms with Gasteiger partial charge in [0, 0.05) is 19.6 Å². The molecule has 1 aromatic rings. The van der Waals surface area contributed by atoms with E-state index in [4.69, 9.17) is 10.0 Å². The fraction of sp³-hybridized carbons (Fsp3) is 0.455. The minimum absolute atomic E-state index is 0.151. The van der Waals surface area contributed by atoms with Crippen LogP contribution >= 0.6 is 0 Å². The number of rotatable bonds is 6. The van der Waals surface area contributed by atoms with Gasteiger partial charge in [0.2, 0.25) is 0 Å². The molecule has 0 aromatic heterocycles. The zero-order valence-electron chi connectivity index (χ0n) is 10.1. The number of aryl methyl sites for hydroxylation is 1. The Morgan fingerprint density at radius 2 is 1.88 bits per heavy atom. The number of benzene rings is 1. The van der Waals surface area contributed by atoms with Gasteiger partial charge in [-0.3, -0.25) is 0 Å². The highest BCUT2D eigenvalue weighted by molar-refractivity contribution is 7.86. The van der Waals surface area contributed by atoms with Gasteiger partial charge in [0.25, 0.3) is 0 Å². The normalized spacial score (nSPS) is 12.0. The van der Waals surface area contributed by atoms with Gasteiger partial charge in [-0.15, -0.1) is 0 Å². The van der Waals surface area contributed by atoms with Crippen molar-refractivity contribution in [3.05, 3.63) is 29.8 Å². The summed E-state index contributed by atoms with van der Waals surface area (Å²) in [5.74, 6) is 0. The lowest BCUT2D eigenvalue weighted by Crippen LogP contribution is -2.32. The minimum Gasteiger partial charge on any atom is -0.329 e. The van der Waals surface area contributed by atoms with Crippen LogP contribution in [0, 0.1) is 6.92 Å². The molecule has 0 unspecified atom stereocenters. The van der Waals surface area contributed by atoms with Crippen LogP contribution in [0.2, 0.25) is 0 Å². The predicted octanol–water partition coefficient (Wildman–Crippen LogP) is 0.896. The van der Waals surface area contributed by atoms with E-state index in [1.54, 1.807) is 19.1 Å². The Labute approximate surface area is 102 Å². The highest BCUT2D eigenvalue weighted by Gasteiger charge is 2.18. The fourth-order valence-electron chi connectivity index (χ4n) is 1.28. The topological polar surface area (TPSA) is 72.6 Å². The van der Waals surface area contributed by atoms with E-state index in [0.29, 0.717) is 19.6 Å². The van der Waals surface area contributed by atoms with Gasteiger partial charge in [-0.2, -0.15) is 17.8 Å². The molecular formula is C11H18N2O3S. The number of likely N-dealkylation sites (N-methyl/N-ethyl adjacent to an activating group) is 1. The molecule has 0 saturated heterocycles. The number of nitrogens with zero attached hydrogens (tertiary/aromatic N) is 1. The molecule has 0 aliphatic rings. The first kappa shape index (κ1) is 14.1. The lowest BCUT2D eigenvalue weighted by Gasteiger charge is -2.18. The van der Waals surface area contributed by atoms with Gasteiger partial charge in [-0.1, -0.05) is 24.6 Å². The van der Waals surface area contributed by atoms with Crippen LogP contribution in [-0.2, 0) is 14.4 Å². The third-order valence-electron chi connectivity index (χ3n) is 2.24. The average Bonchev–Trinajstić information content (AvgIpc) is 2.28. The quantitative estimate of drug-likeness (QED) is 0.767. The molecule has 1 aromatic carbocycles. The molecule has 0 aliphatic carbocycles. The summed E-state index contributed by atoms with van der Waals surface area (Å²) in [5.41, 5.74) is 6.36. The first-order valence-corrected chi connectivity index (χ1v) is 6.86. The molecule has 0 aliphatic heterocycles. The molecule has 1 rings (SSSR count). The monoisotopic (exact) mass is 258 g/mol. The smallest absolute Gasteiger partial charge is 0.313 e. The summed E-state index contributed by atoms with van der Waals surface area (Å²) in [6.45, 7) is 4.88. The summed E-state index contributed by atoms with van der Waals surface area (Å²) in [6, 6.07) is 6.52. The van der Waals surface area contributed by atoms with Gasteiger partial charge in [0.05, 0.1) is 4.90 Å². The molecule has 6 heteroatoms. The predicted molar refractivity (Wildman–Crippen MR) is 65.8 cm³/mol. The summed E-state index contributed by atoms with van der Waals surface area (Å²) in [4.78, 5) is 0.151. The van der Waals surface area contributed by atoms with Crippen LogP contribution in [0.25, 0.3) is 0 Å². The molecule has 0 atom stereocenters. The van der Waals surface area contributed by atoms with Crippen molar-refractivity contribution in [2.75, 3.05) is 19.6 Å². The highest BCUT2D eigenvalue weighted by Crippen LogP contribution is 2.14. The molecule has 96 valence electrons. The maximum absolute atomic E-state index is 11.9. The zero-order chi connectivity index (χ0) is 12.9. The van der Waals surface area contributed by atoms with Crippen LogP contribution in [-0.4, -0.2) is 33.1 Å². The van der Waals surface area contributed by atoms with Crippen LogP contribution in [0.4, 0.5) is 0 Å². The van der Waals surface area contributed by atoms with Crippen LogP contribution in [0.15, 0.2) is 29.2 Å². The maximum Gasteiger partial charge on any atom is 0.313 e. The second kappa shape index (κ2) is 6.11. The average molecular weight is 258 g/mol. The van der Waals surface area contributed by atoms with Gasteiger partial charge in [-0.05, 0) is 19.1 Å². The minimum atomic E-state index is -3.74. The van der Waals surface area contributed by atoms with E-state index >= 15 is 0 Å².